The zero-order valence-corrected chi connectivity index (χ0v) is 10.0. The van der Waals surface area contributed by atoms with Gasteiger partial charge in [0.15, 0.2) is 6.23 Å². The number of hydrogen-bond acceptors (Lipinski definition) is 5. The fourth-order valence-electron chi connectivity index (χ4n) is 1.62. The molecule has 0 radical (unpaired) electrons. The van der Waals surface area contributed by atoms with Gasteiger partial charge < -0.3 is 20.2 Å². The van der Waals surface area contributed by atoms with Gasteiger partial charge >= 0.3 is 0 Å². The van der Waals surface area contributed by atoms with E-state index in [0.717, 1.165) is 11.3 Å². The largest absolute Gasteiger partial charge is 0.497 e. The van der Waals surface area contributed by atoms with Crippen LogP contribution in [0, 0.1) is 0 Å². The molecule has 5 heteroatoms. The number of hydrazine groups is 1. The molecule has 0 aromatic heterocycles. The molecule has 92 valence electrons. The van der Waals surface area contributed by atoms with Crippen molar-refractivity contribution in [3.63, 3.8) is 0 Å². The average Bonchev–Trinajstić information content (AvgIpc) is 2.66. The smallest absolute Gasteiger partial charge is 0.166 e. The summed E-state index contributed by atoms with van der Waals surface area (Å²) in [6, 6.07) is 7.76. The lowest BCUT2D eigenvalue weighted by Crippen LogP contribution is -2.36. The number of rotatable bonds is 4. The Morgan fingerprint density at radius 1 is 1.35 bits per heavy atom. The molecule has 2 rings (SSSR count). The van der Waals surface area contributed by atoms with E-state index < -0.39 is 0 Å². The molecule has 1 aromatic rings. The summed E-state index contributed by atoms with van der Waals surface area (Å²) in [5.74, 6) is 0.840. The Hall–Kier alpha value is -1.72. The van der Waals surface area contributed by atoms with Crippen molar-refractivity contribution in [3.8, 4) is 5.75 Å². The molecule has 0 bridgehead atoms. The molecule has 1 atom stereocenters. The van der Waals surface area contributed by atoms with E-state index >= 15 is 0 Å². The van der Waals surface area contributed by atoms with Gasteiger partial charge in [-0.25, -0.2) is 5.43 Å². The highest BCUT2D eigenvalue weighted by Crippen LogP contribution is 2.14. The molecule has 0 saturated heterocycles. The van der Waals surface area contributed by atoms with E-state index in [0.29, 0.717) is 12.3 Å². The van der Waals surface area contributed by atoms with Crippen molar-refractivity contribution >= 4 is 0 Å². The monoisotopic (exact) mass is 235 g/mol. The van der Waals surface area contributed by atoms with E-state index in [4.69, 9.17) is 15.2 Å². The fourth-order valence-corrected chi connectivity index (χ4v) is 1.62. The number of nitrogens with two attached hydrogens (primary N) is 1. The van der Waals surface area contributed by atoms with E-state index in [1.807, 2.05) is 31.3 Å². The van der Waals surface area contributed by atoms with Crippen LogP contribution in [0.4, 0.5) is 0 Å². The molecule has 1 aromatic carbocycles. The molecule has 17 heavy (non-hydrogen) atoms. The van der Waals surface area contributed by atoms with E-state index in [9.17, 15) is 0 Å². The summed E-state index contributed by atoms with van der Waals surface area (Å²) in [6.07, 6.45) is 1.56. The highest BCUT2D eigenvalue weighted by Gasteiger charge is 2.19. The van der Waals surface area contributed by atoms with Crippen molar-refractivity contribution in [2.24, 2.45) is 5.73 Å². The first kappa shape index (κ1) is 11.8. The number of nitrogens with one attached hydrogen (secondary N) is 1. The Labute approximate surface area is 101 Å². The minimum atomic E-state index is -0.248. The van der Waals surface area contributed by atoms with Gasteiger partial charge in [-0.05, 0) is 17.7 Å². The maximum atomic E-state index is 5.79. The van der Waals surface area contributed by atoms with Gasteiger partial charge in [-0.3, -0.25) is 0 Å². The van der Waals surface area contributed by atoms with Crippen LogP contribution in [0.25, 0.3) is 0 Å². The van der Waals surface area contributed by atoms with Crippen molar-refractivity contribution in [1.29, 1.82) is 0 Å². The number of nitrogens with zero attached hydrogens (tertiary/aromatic N) is 1. The zero-order chi connectivity index (χ0) is 12.3. The van der Waals surface area contributed by atoms with Crippen LogP contribution in [0.15, 0.2) is 36.2 Å². The normalized spacial score (nSPS) is 19.3. The number of benzene rings is 1. The van der Waals surface area contributed by atoms with E-state index in [-0.39, 0.29) is 6.23 Å². The van der Waals surface area contributed by atoms with Crippen LogP contribution in [-0.2, 0) is 11.3 Å². The maximum absolute atomic E-state index is 5.79. The van der Waals surface area contributed by atoms with Gasteiger partial charge in [-0.1, -0.05) is 12.1 Å². The van der Waals surface area contributed by atoms with Crippen LogP contribution in [-0.4, -0.2) is 25.4 Å². The van der Waals surface area contributed by atoms with Crippen LogP contribution in [0.5, 0.6) is 5.75 Å². The van der Waals surface area contributed by atoms with Crippen molar-refractivity contribution in [1.82, 2.24) is 10.4 Å². The van der Waals surface area contributed by atoms with Crippen molar-refractivity contribution < 1.29 is 9.47 Å². The number of methoxy groups -OCH3 is 1. The van der Waals surface area contributed by atoms with Gasteiger partial charge in [0.25, 0.3) is 0 Å². The topological polar surface area (TPSA) is 59.8 Å². The van der Waals surface area contributed by atoms with Gasteiger partial charge in [-0.15, -0.1) is 0 Å². The quantitative estimate of drug-likeness (QED) is 0.808. The molecule has 3 N–H and O–H groups in total. The van der Waals surface area contributed by atoms with Crippen molar-refractivity contribution in [2.45, 2.75) is 12.8 Å². The van der Waals surface area contributed by atoms with Crippen LogP contribution < -0.4 is 15.9 Å². The standard InChI is InChI=1S/C12H17N3O2/c1-15-7-11(13)12(14-15)17-8-9-3-5-10(16-2)6-4-9/h3-7,12,14H,8,13H2,1-2H3/t12-/m1/s1. The summed E-state index contributed by atoms with van der Waals surface area (Å²) in [5.41, 5.74) is 10.6. The zero-order valence-electron chi connectivity index (χ0n) is 10.0. The summed E-state index contributed by atoms with van der Waals surface area (Å²) in [5, 5.41) is 1.79. The lowest BCUT2D eigenvalue weighted by Gasteiger charge is -2.16. The molecule has 1 heterocycles. The summed E-state index contributed by atoms with van der Waals surface area (Å²) < 4.78 is 10.7. The van der Waals surface area contributed by atoms with Crippen LogP contribution in [0.3, 0.4) is 0 Å². The van der Waals surface area contributed by atoms with Crippen molar-refractivity contribution in [3.05, 3.63) is 41.7 Å². The molecule has 0 aliphatic carbocycles. The highest BCUT2D eigenvalue weighted by molar-refractivity contribution is 5.26. The third-order valence-electron chi connectivity index (χ3n) is 2.54. The van der Waals surface area contributed by atoms with Crippen LogP contribution >= 0.6 is 0 Å². The lowest BCUT2D eigenvalue weighted by molar-refractivity contribution is 0.0214. The third-order valence-corrected chi connectivity index (χ3v) is 2.54. The SMILES string of the molecule is COc1ccc(CO[C@H]2NN(C)C=C2N)cc1. The molecular weight excluding hydrogens is 218 g/mol. The van der Waals surface area contributed by atoms with E-state index in [2.05, 4.69) is 5.43 Å². The first-order chi connectivity index (χ1) is 8.19. The van der Waals surface area contributed by atoms with Crippen LogP contribution in [0.2, 0.25) is 0 Å². The Kier molecular flexibility index (Phi) is 3.51. The average molecular weight is 235 g/mol. The van der Waals surface area contributed by atoms with Gasteiger partial charge in [-0.2, -0.15) is 0 Å². The van der Waals surface area contributed by atoms with Gasteiger partial charge in [0.2, 0.25) is 0 Å². The molecule has 1 aliphatic heterocycles. The second kappa shape index (κ2) is 5.07. The Balaban J connectivity index is 1.87. The first-order valence-electron chi connectivity index (χ1n) is 5.40. The fraction of sp³-hybridized carbons (Fsp3) is 0.333. The molecular formula is C12H17N3O2. The molecule has 0 amide bonds. The van der Waals surface area contributed by atoms with Crippen LogP contribution in [0.1, 0.15) is 5.56 Å². The Bertz CT molecular complexity index is 403. The summed E-state index contributed by atoms with van der Waals surface area (Å²) in [6.45, 7) is 0.504. The second-order valence-corrected chi connectivity index (χ2v) is 3.91. The second-order valence-electron chi connectivity index (χ2n) is 3.91. The highest BCUT2D eigenvalue weighted by atomic mass is 16.5. The molecule has 0 unspecified atom stereocenters. The predicted molar refractivity (Wildman–Crippen MR) is 64.7 cm³/mol. The minimum absolute atomic E-state index is 0.248. The molecule has 1 aliphatic rings. The minimum Gasteiger partial charge on any atom is -0.497 e. The summed E-state index contributed by atoms with van der Waals surface area (Å²) in [7, 11) is 3.53. The maximum Gasteiger partial charge on any atom is 0.166 e. The number of ether oxygens (including phenoxy) is 2. The molecule has 0 saturated carbocycles. The predicted octanol–water partition coefficient (Wildman–Crippen LogP) is 0.788. The van der Waals surface area contributed by atoms with Gasteiger partial charge in [0.1, 0.15) is 5.75 Å². The third kappa shape index (κ3) is 2.89. The van der Waals surface area contributed by atoms with E-state index in [1.165, 1.54) is 0 Å². The first-order valence-corrected chi connectivity index (χ1v) is 5.40. The van der Waals surface area contributed by atoms with E-state index in [1.54, 1.807) is 18.3 Å². The summed E-state index contributed by atoms with van der Waals surface area (Å²) >= 11 is 0. The summed E-state index contributed by atoms with van der Waals surface area (Å²) in [4.78, 5) is 0. The van der Waals surface area contributed by atoms with Gasteiger partial charge in [0.05, 0.1) is 19.4 Å². The van der Waals surface area contributed by atoms with Crippen molar-refractivity contribution in [2.75, 3.05) is 14.2 Å². The van der Waals surface area contributed by atoms with Gasteiger partial charge in [0, 0.05) is 13.2 Å². The Morgan fingerprint density at radius 2 is 2.06 bits per heavy atom. The molecule has 0 fully saturated rings. The molecule has 0 spiro atoms. The Morgan fingerprint density at radius 3 is 2.59 bits per heavy atom. The number of hydrogen-bond donors (Lipinski definition) is 2. The lowest BCUT2D eigenvalue weighted by atomic mass is 10.2. The molecule has 5 nitrogen and oxygen atoms in total.